The molecule has 2 nitrogen and oxygen atoms in total. The maximum absolute atomic E-state index is 9.75. The zero-order chi connectivity index (χ0) is 12.3. The van der Waals surface area contributed by atoms with Crippen LogP contribution in [0.3, 0.4) is 0 Å². The number of nitrogens with one attached hydrogen (secondary N) is 1. The second kappa shape index (κ2) is 3.15. The largest absolute Gasteiger partial charge is 0.508 e. The molecule has 2 heterocycles. The highest BCUT2D eigenvalue weighted by molar-refractivity contribution is 5.55. The Kier molecular flexibility index (Phi) is 1.78. The summed E-state index contributed by atoms with van der Waals surface area (Å²) < 4.78 is 0. The van der Waals surface area contributed by atoms with Crippen molar-refractivity contribution in [1.29, 1.82) is 0 Å². The average molecular weight is 237 g/mol. The van der Waals surface area contributed by atoms with Crippen molar-refractivity contribution in [3.8, 4) is 5.75 Å². The Morgan fingerprint density at radius 1 is 1.17 bits per heavy atom. The summed E-state index contributed by atoms with van der Waals surface area (Å²) in [6, 6.07) is 14.8. The van der Waals surface area contributed by atoms with Gasteiger partial charge in [-0.2, -0.15) is 0 Å². The van der Waals surface area contributed by atoms with Crippen molar-refractivity contribution in [3.05, 3.63) is 64.7 Å². The molecule has 2 unspecified atom stereocenters. The molecule has 2 bridgehead atoms. The molecule has 0 saturated carbocycles. The van der Waals surface area contributed by atoms with E-state index in [0.29, 0.717) is 11.8 Å². The molecular formula is C16H15NO. The summed E-state index contributed by atoms with van der Waals surface area (Å²) in [5, 5.41) is 13.5. The van der Waals surface area contributed by atoms with Gasteiger partial charge in [0.25, 0.3) is 0 Å². The third kappa shape index (κ3) is 1.11. The summed E-state index contributed by atoms with van der Waals surface area (Å²) in [6.07, 6.45) is 1.00. The van der Waals surface area contributed by atoms with Gasteiger partial charge in [0.2, 0.25) is 0 Å². The molecule has 0 aliphatic carbocycles. The zero-order valence-corrected chi connectivity index (χ0v) is 10.3. The van der Waals surface area contributed by atoms with Gasteiger partial charge in [-0.15, -0.1) is 0 Å². The Balaban J connectivity index is 2.04. The number of phenols is 1. The van der Waals surface area contributed by atoms with Gasteiger partial charge in [0.05, 0.1) is 5.54 Å². The van der Waals surface area contributed by atoms with Crippen molar-refractivity contribution in [2.45, 2.75) is 24.9 Å². The van der Waals surface area contributed by atoms with Crippen molar-refractivity contribution in [2.24, 2.45) is 0 Å². The van der Waals surface area contributed by atoms with Crippen LogP contribution in [0.15, 0.2) is 42.5 Å². The van der Waals surface area contributed by atoms with Crippen LogP contribution in [0.25, 0.3) is 0 Å². The Morgan fingerprint density at radius 2 is 2.00 bits per heavy atom. The Hall–Kier alpha value is -1.80. The van der Waals surface area contributed by atoms with Crippen LogP contribution in [-0.2, 0) is 12.0 Å². The van der Waals surface area contributed by atoms with E-state index in [4.69, 9.17) is 0 Å². The van der Waals surface area contributed by atoms with E-state index >= 15 is 0 Å². The zero-order valence-electron chi connectivity index (χ0n) is 10.3. The van der Waals surface area contributed by atoms with E-state index in [9.17, 15) is 5.11 Å². The van der Waals surface area contributed by atoms with E-state index in [1.54, 1.807) is 6.07 Å². The van der Waals surface area contributed by atoms with E-state index in [-0.39, 0.29) is 5.54 Å². The standard InChI is InChI=1S/C16H15NO/c1-16-13-5-3-2-4-12(13)15(17-16)8-10-6-7-11(18)9-14(10)16/h2-7,9,15,17-18H,8H2,1H3. The first-order valence-electron chi connectivity index (χ1n) is 6.38. The summed E-state index contributed by atoms with van der Waals surface area (Å²) in [7, 11) is 0. The highest BCUT2D eigenvalue weighted by Crippen LogP contribution is 2.48. The molecule has 2 N–H and O–H groups in total. The minimum atomic E-state index is -0.159. The highest BCUT2D eigenvalue weighted by Gasteiger charge is 2.45. The van der Waals surface area contributed by atoms with Crippen LogP contribution in [0.2, 0.25) is 0 Å². The van der Waals surface area contributed by atoms with Gasteiger partial charge in [0, 0.05) is 6.04 Å². The molecule has 2 aromatic carbocycles. The van der Waals surface area contributed by atoms with Crippen LogP contribution >= 0.6 is 0 Å². The summed E-state index contributed by atoms with van der Waals surface area (Å²) in [6.45, 7) is 2.21. The van der Waals surface area contributed by atoms with Gasteiger partial charge in [0.15, 0.2) is 0 Å². The monoisotopic (exact) mass is 237 g/mol. The maximum Gasteiger partial charge on any atom is 0.115 e. The molecule has 0 amide bonds. The fourth-order valence-corrected chi connectivity index (χ4v) is 3.57. The number of fused-ring (bicyclic) bond motifs is 7. The SMILES string of the molecule is CC12NC(Cc3ccc(O)cc31)c1ccccc12. The van der Waals surface area contributed by atoms with Gasteiger partial charge < -0.3 is 5.11 Å². The van der Waals surface area contributed by atoms with Crippen LogP contribution in [0.4, 0.5) is 0 Å². The second-order valence-corrected chi connectivity index (χ2v) is 5.45. The van der Waals surface area contributed by atoms with Gasteiger partial charge in [-0.1, -0.05) is 30.3 Å². The molecule has 2 heteroatoms. The third-order valence-electron chi connectivity index (χ3n) is 4.39. The molecule has 2 aliphatic rings. The maximum atomic E-state index is 9.75. The number of benzene rings is 2. The first-order valence-corrected chi connectivity index (χ1v) is 6.38. The van der Waals surface area contributed by atoms with E-state index in [1.807, 2.05) is 6.07 Å². The topological polar surface area (TPSA) is 32.3 Å². The normalized spacial score (nSPS) is 27.7. The van der Waals surface area contributed by atoms with Crippen LogP contribution < -0.4 is 5.32 Å². The lowest BCUT2D eigenvalue weighted by Gasteiger charge is -2.34. The minimum Gasteiger partial charge on any atom is -0.508 e. The van der Waals surface area contributed by atoms with Gasteiger partial charge in [-0.25, -0.2) is 0 Å². The van der Waals surface area contributed by atoms with Crippen molar-refractivity contribution >= 4 is 0 Å². The van der Waals surface area contributed by atoms with E-state index < -0.39 is 0 Å². The van der Waals surface area contributed by atoms with Gasteiger partial charge in [0.1, 0.15) is 5.75 Å². The van der Waals surface area contributed by atoms with Gasteiger partial charge in [-0.3, -0.25) is 5.32 Å². The molecule has 0 saturated heterocycles. The molecule has 0 aromatic heterocycles. The minimum absolute atomic E-state index is 0.159. The number of hydrogen-bond acceptors (Lipinski definition) is 2. The molecule has 2 atom stereocenters. The van der Waals surface area contributed by atoms with E-state index in [2.05, 4.69) is 42.6 Å². The van der Waals surface area contributed by atoms with Crippen LogP contribution in [0.5, 0.6) is 5.75 Å². The molecule has 4 rings (SSSR count). The molecule has 18 heavy (non-hydrogen) atoms. The van der Waals surface area contributed by atoms with Crippen molar-refractivity contribution < 1.29 is 5.11 Å². The van der Waals surface area contributed by atoms with Crippen LogP contribution in [-0.4, -0.2) is 5.11 Å². The van der Waals surface area contributed by atoms with Gasteiger partial charge in [-0.05, 0) is 47.7 Å². The second-order valence-electron chi connectivity index (χ2n) is 5.45. The number of aromatic hydroxyl groups is 1. The molecule has 90 valence electrons. The Morgan fingerprint density at radius 3 is 2.89 bits per heavy atom. The predicted molar refractivity (Wildman–Crippen MR) is 70.6 cm³/mol. The predicted octanol–water partition coefficient (Wildman–Crippen LogP) is 2.86. The highest BCUT2D eigenvalue weighted by atomic mass is 16.3. The molecule has 0 spiro atoms. The summed E-state index contributed by atoms with van der Waals surface area (Å²) in [5.74, 6) is 0.347. The quantitative estimate of drug-likeness (QED) is 0.738. The Bertz CT molecular complexity index is 649. The molecule has 0 radical (unpaired) electrons. The van der Waals surface area contributed by atoms with E-state index in [1.165, 1.54) is 22.3 Å². The first kappa shape index (κ1) is 10.2. The number of hydrogen-bond donors (Lipinski definition) is 2. The fraction of sp³-hybridized carbons (Fsp3) is 0.250. The lowest BCUT2D eigenvalue weighted by Crippen LogP contribution is -2.41. The smallest absolute Gasteiger partial charge is 0.115 e. The van der Waals surface area contributed by atoms with Crippen molar-refractivity contribution in [2.75, 3.05) is 0 Å². The molecule has 2 aromatic rings. The average Bonchev–Trinajstić information content (AvgIpc) is 2.62. The summed E-state index contributed by atoms with van der Waals surface area (Å²) >= 11 is 0. The van der Waals surface area contributed by atoms with Gasteiger partial charge >= 0.3 is 0 Å². The third-order valence-corrected chi connectivity index (χ3v) is 4.39. The van der Waals surface area contributed by atoms with Crippen LogP contribution in [0, 0.1) is 0 Å². The van der Waals surface area contributed by atoms with Crippen molar-refractivity contribution in [3.63, 3.8) is 0 Å². The van der Waals surface area contributed by atoms with E-state index in [0.717, 1.165) is 6.42 Å². The molecule has 0 fully saturated rings. The lowest BCUT2D eigenvalue weighted by atomic mass is 9.82. The molecular weight excluding hydrogens is 222 g/mol. The number of phenolic OH excluding ortho intramolecular Hbond substituents is 1. The number of rotatable bonds is 0. The van der Waals surface area contributed by atoms with Crippen LogP contribution in [0.1, 0.15) is 35.2 Å². The summed E-state index contributed by atoms with van der Waals surface area (Å²) in [5.41, 5.74) is 5.14. The fourth-order valence-electron chi connectivity index (χ4n) is 3.57. The summed E-state index contributed by atoms with van der Waals surface area (Å²) in [4.78, 5) is 0. The molecule has 2 aliphatic heterocycles. The van der Waals surface area contributed by atoms with Crippen molar-refractivity contribution in [1.82, 2.24) is 5.32 Å². The first-order chi connectivity index (χ1) is 8.68. The lowest BCUT2D eigenvalue weighted by molar-refractivity contribution is 0.385. The Labute approximate surface area is 106 Å².